The summed E-state index contributed by atoms with van der Waals surface area (Å²) in [6.07, 6.45) is 9.54. The molecular formula is C30H38N2O3. The van der Waals surface area contributed by atoms with E-state index in [-0.39, 0.29) is 18.4 Å². The second-order valence-electron chi connectivity index (χ2n) is 10.7. The zero-order valence-electron chi connectivity index (χ0n) is 21.2. The van der Waals surface area contributed by atoms with Crippen molar-refractivity contribution in [1.82, 2.24) is 10.2 Å². The lowest BCUT2D eigenvalue weighted by atomic mass is 9.85. The highest BCUT2D eigenvalue weighted by molar-refractivity contribution is 5.86. The Morgan fingerprint density at radius 2 is 1.89 bits per heavy atom. The summed E-state index contributed by atoms with van der Waals surface area (Å²) in [5.74, 6) is -0.172. The van der Waals surface area contributed by atoms with Crippen molar-refractivity contribution in [2.75, 3.05) is 19.6 Å². The van der Waals surface area contributed by atoms with E-state index in [9.17, 15) is 14.7 Å². The minimum atomic E-state index is -0.891. The Balaban J connectivity index is 1.45. The number of fused-ring (bicyclic) bond motifs is 1. The Labute approximate surface area is 208 Å². The van der Waals surface area contributed by atoms with Gasteiger partial charge in [-0.25, -0.2) is 0 Å². The summed E-state index contributed by atoms with van der Waals surface area (Å²) in [5, 5.41) is 15.7. The largest absolute Gasteiger partial charge is 0.481 e. The first-order valence-corrected chi connectivity index (χ1v) is 12.8. The zero-order chi connectivity index (χ0) is 25.0. The van der Waals surface area contributed by atoms with E-state index in [0.717, 1.165) is 19.4 Å². The summed E-state index contributed by atoms with van der Waals surface area (Å²) < 4.78 is 0. The molecule has 1 amide bonds. The van der Waals surface area contributed by atoms with Crippen LogP contribution >= 0.6 is 0 Å². The van der Waals surface area contributed by atoms with Crippen molar-refractivity contribution in [3.05, 3.63) is 71.8 Å². The van der Waals surface area contributed by atoms with Crippen molar-refractivity contribution >= 4 is 22.6 Å². The number of amides is 1. The van der Waals surface area contributed by atoms with Gasteiger partial charge in [0.2, 0.25) is 5.91 Å². The van der Waals surface area contributed by atoms with Gasteiger partial charge in [-0.1, -0.05) is 60.7 Å². The Bertz CT molecular complexity index is 1130. The summed E-state index contributed by atoms with van der Waals surface area (Å²) in [6.45, 7) is 7.82. The fraction of sp³-hybridized carbons (Fsp3) is 0.467. The number of carbonyl (C=O) groups excluding carboxylic acids is 1. The lowest BCUT2D eigenvalue weighted by molar-refractivity contribution is -0.147. The molecule has 1 aliphatic carbocycles. The first-order chi connectivity index (χ1) is 16.8. The fourth-order valence-electron chi connectivity index (χ4n) is 5.32. The fourth-order valence-corrected chi connectivity index (χ4v) is 5.32. The van der Waals surface area contributed by atoms with E-state index in [1.54, 1.807) is 13.8 Å². The van der Waals surface area contributed by atoms with Crippen LogP contribution in [0.2, 0.25) is 0 Å². The number of carboxylic acid groups (broad SMARTS) is 1. The van der Waals surface area contributed by atoms with Crippen LogP contribution in [0, 0.1) is 17.3 Å². The van der Waals surface area contributed by atoms with Crippen molar-refractivity contribution in [3.8, 4) is 0 Å². The van der Waals surface area contributed by atoms with E-state index < -0.39 is 11.4 Å². The van der Waals surface area contributed by atoms with Crippen molar-refractivity contribution in [3.63, 3.8) is 0 Å². The number of rotatable bonds is 9. The summed E-state index contributed by atoms with van der Waals surface area (Å²) in [5.41, 5.74) is 1.73. The molecule has 0 spiro atoms. The van der Waals surface area contributed by atoms with Gasteiger partial charge in [0.05, 0.1) is 5.41 Å². The highest BCUT2D eigenvalue weighted by atomic mass is 16.4. The third-order valence-corrected chi connectivity index (χ3v) is 7.76. The van der Waals surface area contributed by atoms with Gasteiger partial charge in [0.15, 0.2) is 0 Å². The van der Waals surface area contributed by atoms with E-state index in [1.807, 2.05) is 4.90 Å². The predicted molar refractivity (Wildman–Crippen MR) is 141 cm³/mol. The molecule has 1 heterocycles. The summed E-state index contributed by atoms with van der Waals surface area (Å²) in [7, 11) is 0. The van der Waals surface area contributed by atoms with Gasteiger partial charge in [-0.05, 0) is 67.9 Å². The molecule has 4 rings (SSSR count). The number of hydrogen-bond acceptors (Lipinski definition) is 3. The number of hydrogen-bond donors (Lipinski definition) is 2. The number of aliphatic carboxylic acids is 1. The number of nitrogens with one attached hydrogen (secondary N) is 1. The smallest absolute Gasteiger partial charge is 0.309 e. The van der Waals surface area contributed by atoms with Crippen molar-refractivity contribution in [1.29, 1.82) is 0 Å². The Kier molecular flexibility index (Phi) is 7.75. The lowest BCUT2D eigenvalue weighted by Gasteiger charge is -2.24. The molecule has 5 nitrogen and oxygen atoms in total. The van der Waals surface area contributed by atoms with Gasteiger partial charge in [-0.2, -0.15) is 0 Å². The topological polar surface area (TPSA) is 69.6 Å². The van der Waals surface area contributed by atoms with Crippen LogP contribution in [0.3, 0.4) is 0 Å². The molecule has 0 bridgehead atoms. The molecule has 3 atom stereocenters. The molecule has 2 aromatic carbocycles. The standard InChI is InChI=1S/C30H38N2O3/c1-21(25-15-9-13-22-12-7-8-14-26(22)25)31-18-24-19-32(20-27(24)23-10-5-4-6-11-23)28(33)16-17-30(2,3)29(34)35/h5,7-15,21,24,27,31H,4,6,16-20H2,1-3H3,(H,34,35)/t21-,24+,27-/m1/s1. The van der Waals surface area contributed by atoms with Gasteiger partial charge in [0.25, 0.3) is 0 Å². The molecule has 1 fully saturated rings. The first-order valence-electron chi connectivity index (χ1n) is 12.8. The second-order valence-corrected chi connectivity index (χ2v) is 10.7. The van der Waals surface area contributed by atoms with Gasteiger partial charge in [0, 0.05) is 38.0 Å². The highest BCUT2D eigenvalue weighted by Crippen LogP contribution is 2.34. The molecule has 186 valence electrons. The highest BCUT2D eigenvalue weighted by Gasteiger charge is 2.37. The third kappa shape index (κ3) is 5.84. The number of allylic oxidation sites excluding steroid dienone is 3. The maximum absolute atomic E-state index is 13.1. The Hall–Kier alpha value is -2.92. The van der Waals surface area contributed by atoms with Crippen LogP contribution in [0.5, 0.6) is 0 Å². The second kappa shape index (κ2) is 10.8. The van der Waals surface area contributed by atoms with Gasteiger partial charge < -0.3 is 15.3 Å². The predicted octanol–water partition coefficient (Wildman–Crippen LogP) is 5.73. The minimum Gasteiger partial charge on any atom is -0.481 e. The van der Waals surface area contributed by atoms with E-state index in [1.165, 1.54) is 21.9 Å². The molecule has 0 saturated carbocycles. The van der Waals surface area contributed by atoms with Crippen molar-refractivity contribution in [2.45, 2.75) is 52.5 Å². The van der Waals surface area contributed by atoms with Crippen LogP contribution in [0.4, 0.5) is 0 Å². The molecule has 1 aliphatic heterocycles. The average molecular weight is 475 g/mol. The average Bonchev–Trinajstić information content (AvgIpc) is 3.30. The maximum atomic E-state index is 13.1. The molecule has 2 aromatic rings. The van der Waals surface area contributed by atoms with Crippen LogP contribution in [0.1, 0.15) is 58.1 Å². The molecule has 1 saturated heterocycles. The minimum absolute atomic E-state index is 0.0642. The Morgan fingerprint density at radius 3 is 2.63 bits per heavy atom. The van der Waals surface area contributed by atoms with Gasteiger partial charge in [-0.3, -0.25) is 9.59 Å². The lowest BCUT2D eigenvalue weighted by Crippen LogP contribution is -2.33. The SMILES string of the molecule is C[C@@H](NC[C@H]1CN(C(=O)CCC(C)(C)C(=O)O)C[C@@H]1C1=CCCC=C1)c1cccc2ccccc12. The van der Waals surface area contributed by atoms with E-state index in [0.29, 0.717) is 31.3 Å². The number of nitrogens with zero attached hydrogens (tertiary/aromatic N) is 1. The summed E-state index contributed by atoms with van der Waals surface area (Å²) in [4.78, 5) is 26.5. The summed E-state index contributed by atoms with van der Waals surface area (Å²) in [6, 6.07) is 15.1. The Morgan fingerprint density at radius 1 is 1.11 bits per heavy atom. The van der Waals surface area contributed by atoms with Gasteiger partial charge in [0.1, 0.15) is 0 Å². The van der Waals surface area contributed by atoms with Crippen LogP contribution in [-0.4, -0.2) is 41.5 Å². The molecule has 35 heavy (non-hydrogen) atoms. The molecule has 0 unspecified atom stereocenters. The number of carbonyl (C=O) groups is 2. The van der Waals surface area contributed by atoms with Crippen LogP contribution in [0.15, 0.2) is 66.3 Å². The number of carboxylic acids is 1. The van der Waals surface area contributed by atoms with Crippen molar-refractivity contribution in [2.24, 2.45) is 17.3 Å². The zero-order valence-corrected chi connectivity index (χ0v) is 21.2. The van der Waals surface area contributed by atoms with Crippen LogP contribution in [-0.2, 0) is 9.59 Å². The molecule has 2 aliphatic rings. The molecule has 0 aromatic heterocycles. The van der Waals surface area contributed by atoms with Crippen LogP contribution in [0.25, 0.3) is 10.8 Å². The van der Waals surface area contributed by atoms with E-state index in [2.05, 4.69) is 72.9 Å². The monoisotopic (exact) mass is 474 g/mol. The normalized spacial score (nSPS) is 21.2. The van der Waals surface area contributed by atoms with Crippen molar-refractivity contribution < 1.29 is 14.7 Å². The first kappa shape index (κ1) is 25.2. The quantitative estimate of drug-likeness (QED) is 0.487. The van der Waals surface area contributed by atoms with E-state index >= 15 is 0 Å². The maximum Gasteiger partial charge on any atom is 0.309 e. The number of benzene rings is 2. The van der Waals surface area contributed by atoms with E-state index in [4.69, 9.17) is 0 Å². The van der Waals surface area contributed by atoms with Crippen LogP contribution < -0.4 is 5.32 Å². The molecular weight excluding hydrogens is 436 g/mol. The van der Waals surface area contributed by atoms with Gasteiger partial charge >= 0.3 is 5.97 Å². The molecule has 2 N–H and O–H groups in total. The molecule has 0 radical (unpaired) electrons. The summed E-state index contributed by atoms with van der Waals surface area (Å²) >= 11 is 0. The number of likely N-dealkylation sites (tertiary alicyclic amines) is 1. The molecule has 5 heteroatoms. The third-order valence-electron chi connectivity index (χ3n) is 7.76. The van der Waals surface area contributed by atoms with Gasteiger partial charge in [-0.15, -0.1) is 0 Å².